The molecule has 0 aliphatic carbocycles. The second-order valence-electron chi connectivity index (χ2n) is 5.24. The molecule has 1 saturated heterocycles. The minimum atomic E-state index is -0.372. The van der Waals surface area contributed by atoms with Gasteiger partial charge in [0.25, 0.3) is 0 Å². The van der Waals surface area contributed by atoms with Gasteiger partial charge in [0.2, 0.25) is 5.91 Å². The van der Waals surface area contributed by atoms with E-state index in [2.05, 4.69) is 5.32 Å². The molecular formula is C16H23NO4. The first-order valence-corrected chi connectivity index (χ1v) is 7.27. The summed E-state index contributed by atoms with van der Waals surface area (Å²) in [7, 11) is 1.63. The zero-order valence-corrected chi connectivity index (χ0v) is 12.6. The molecule has 1 aliphatic heterocycles. The third-order valence-corrected chi connectivity index (χ3v) is 3.50. The number of methoxy groups -OCH3 is 1. The van der Waals surface area contributed by atoms with Gasteiger partial charge in [0.1, 0.15) is 0 Å². The molecule has 5 nitrogen and oxygen atoms in total. The first-order valence-electron chi connectivity index (χ1n) is 7.27. The Kier molecular flexibility index (Phi) is 6.17. The number of rotatable bonds is 6. The van der Waals surface area contributed by atoms with Gasteiger partial charge in [-0.2, -0.15) is 0 Å². The van der Waals surface area contributed by atoms with E-state index in [1.807, 2.05) is 30.3 Å². The first-order chi connectivity index (χ1) is 10.2. The highest BCUT2D eigenvalue weighted by atomic mass is 16.7. The van der Waals surface area contributed by atoms with E-state index in [-0.39, 0.29) is 24.3 Å². The highest BCUT2D eigenvalue weighted by Gasteiger charge is 2.23. The van der Waals surface area contributed by atoms with Crippen molar-refractivity contribution in [3.8, 4) is 0 Å². The molecule has 1 unspecified atom stereocenters. The molecule has 21 heavy (non-hydrogen) atoms. The van der Waals surface area contributed by atoms with Gasteiger partial charge in [-0.05, 0) is 12.8 Å². The van der Waals surface area contributed by atoms with Crippen LogP contribution in [0.15, 0.2) is 30.3 Å². The second kappa shape index (κ2) is 8.12. The van der Waals surface area contributed by atoms with Crippen LogP contribution in [0.5, 0.6) is 0 Å². The summed E-state index contributed by atoms with van der Waals surface area (Å²) >= 11 is 0. The Hall–Kier alpha value is -1.43. The van der Waals surface area contributed by atoms with E-state index >= 15 is 0 Å². The Morgan fingerprint density at radius 2 is 2.14 bits per heavy atom. The number of ether oxygens (including phenoxy) is 3. The van der Waals surface area contributed by atoms with Crippen molar-refractivity contribution in [1.29, 1.82) is 0 Å². The van der Waals surface area contributed by atoms with Crippen molar-refractivity contribution in [2.75, 3.05) is 20.3 Å². The smallest absolute Gasteiger partial charge is 0.217 e. The van der Waals surface area contributed by atoms with Gasteiger partial charge in [-0.1, -0.05) is 30.3 Å². The standard InChI is InChI=1S/C16H23NO4/c1-12(18)17-14-8-9-15(20-10-14)11-21-16(19-2)13-6-4-3-5-7-13/h3-7,14-16H,8-11H2,1-2H3,(H,17,18)/t14-,15+,16?/m1/s1. The van der Waals surface area contributed by atoms with Crippen LogP contribution in [0.4, 0.5) is 0 Å². The van der Waals surface area contributed by atoms with Crippen LogP contribution >= 0.6 is 0 Å². The SMILES string of the molecule is COC(OC[C@@H]1CC[C@@H](NC(C)=O)CO1)c1ccccc1. The van der Waals surface area contributed by atoms with E-state index < -0.39 is 0 Å². The lowest BCUT2D eigenvalue weighted by molar-refractivity contribution is -0.159. The fraction of sp³-hybridized carbons (Fsp3) is 0.562. The summed E-state index contributed by atoms with van der Waals surface area (Å²) in [5.74, 6) is -0.0122. The highest BCUT2D eigenvalue weighted by Crippen LogP contribution is 2.20. The van der Waals surface area contributed by atoms with Gasteiger partial charge < -0.3 is 19.5 Å². The number of hydrogen-bond acceptors (Lipinski definition) is 4. The van der Waals surface area contributed by atoms with Gasteiger partial charge >= 0.3 is 0 Å². The van der Waals surface area contributed by atoms with Crippen molar-refractivity contribution in [1.82, 2.24) is 5.32 Å². The van der Waals surface area contributed by atoms with Crippen LogP contribution in [0.1, 0.15) is 31.6 Å². The van der Waals surface area contributed by atoms with Gasteiger partial charge in [0.05, 0.1) is 25.4 Å². The molecule has 3 atom stereocenters. The first kappa shape index (κ1) is 15.9. The molecule has 1 N–H and O–H groups in total. The van der Waals surface area contributed by atoms with Gasteiger partial charge in [0.15, 0.2) is 6.29 Å². The Morgan fingerprint density at radius 1 is 1.38 bits per heavy atom. The Bertz CT molecular complexity index is 429. The van der Waals surface area contributed by atoms with Crippen LogP contribution < -0.4 is 5.32 Å². The lowest BCUT2D eigenvalue weighted by Crippen LogP contribution is -2.43. The van der Waals surface area contributed by atoms with Crippen molar-refractivity contribution in [3.05, 3.63) is 35.9 Å². The van der Waals surface area contributed by atoms with E-state index in [4.69, 9.17) is 14.2 Å². The van der Waals surface area contributed by atoms with E-state index in [0.29, 0.717) is 13.2 Å². The van der Waals surface area contributed by atoms with Crippen LogP contribution in [0, 0.1) is 0 Å². The van der Waals surface area contributed by atoms with Crippen molar-refractivity contribution < 1.29 is 19.0 Å². The molecular weight excluding hydrogens is 270 g/mol. The summed E-state index contributed by atoms with van der Waals surface area (Å²) in [5.41, 5.74) is 0.993. The summed E-state index contributed by atoms with van der Waals surface area (Å²) < 4.78 is 16.9. The molecule has 1 fully saturated rings. The molecule has 1 aliphatic rings. The summed E-state index contributed by atoms with van der Waals surface area (Å²) in [6, 6.07) is 9.94. The fourth-order valence-electron chi connectivity index (χ4n) is 2.44. The van der Waals surface area contributed by atoms with Crippen LogP contribution in [0.25, 0.3) is 0 Å². The zero-order chi connectivity index (χ0) is 15.1. The van der Waals surface area contributed by atoms with Crippen LogP contribution in [-0.4, -0.2) is 38.4 Å². The van der Waals surface area contributed by atoms with E-state index in [1.54, 1.807) is 7.11 Å². The predicted molar refractivity (Wildman–Crippen MR) is 78.7 cm³/mol. The normalized spacial score (nSPS) is 23.5. The minimum absolute atomic E-state index is 0.0122. The molecule has 1 aromatic rings. The van der Waals surface area contributed by atoms with Crippen LogP contribution in [-0.2, 0) is 19.0 Å². The maximum Gasteiger partial charge on any atom is 0.217 e. The Balaban J connectivity index is 1.75. The van der Waals surface area contributed by atoms with Crippen molar-refractivity contribution in [3.63, 3.8) is 0 Å². The van der Waals surface area contributed by atoms with Crippen LogP contribution in [0.2, 0.25) is 0 Å². The van der Waals surface area contributed by atoms with Crippen LogP contribution in [0.3, 0.4) is 0 Å². The zero-order valence-electron chi connectivity index (χ0n) is 12.6. The maximum absolute atomic E-state index is 11.0. The number of nitrogens with one attached hydrogen (secondary N) is 1. The fourth-order valence-corrected chi connectivity index (χ4v) is 2.44. The average Bonchev–Trinajstić information content (AvgIpc) is 2.50. The molecule has 1 aromatic carbocycles. The van der Waals surface area contributed by atoms with Gasteiger partial charge in [-0.3, -0.25) is 4.79 Å². The molecule has 116 valence electrons. The number of hydrogen-bond donors (Lipinski definition) is 1. The summed E-state index contributed by atoms with van der Waals surface area (Å²) in [6.45, 7) is 2.55. The minimum Gasteiger partial charge on any atom is -0.374 e. The van der Waals surface area contributed by atoms with E-state index in [9.17, 15) is 4.79 Å². The summed E-state index contributed by atoms with van der Waals surface area (Å²) in [5, 5.41) is 2.87. The van der Waals surface area contributed by atoms with Gasteiger partial charge in [0, 0.05) is 19.6 Å². The van der Waals surface area contributed by atoms with Gasteiger partial charge in [-0.25, -0.2) is 0 Å². The van der Waals surface area contributed by atoms with E-state index in [0.717, 1.165) is 18.4 Å². The maximum atomic E-state index is 11.0. The highest BCUT2D eigenvalue weighted by molar-refractivity contribution is 5.73. The third kappa shape index (κ3) is 5.12. The molecule has 1 amide bonds. The Labute approximate surface area is 125 Å². The van der Waals surface area contributed by atoms with Crippen molar-refractivity contribution >= 4 is 5.91 Å². The molecule has 0 bridgehead atoms. The van der Waals surface area contributed by atoms with E-state index in [1.165, 1.54) is 6.92 Å². The van der Waals surface area contributed by atoms with Crippen molar-refractivity contribution in [2.45, 2.75) is 38.2 Å². The van der Waals surface area contributed by atoms with Gasteiger partial charge in [-0.15, -0.1) is 0 Å². The lowest BCUT2D eigenvalue weighted by atomic mass is 10.1. The molecule has 0 aromatic heterocycles. The largest absolute Gasteiger partial charge is 0.374 e. The molecule has 0 radical (unpaired) electrons. The predicted octanol–water partition coefficient (Wildman–Crippen LogP) is 2.03. The molecule has 5 heteroatoms. The topological polar surface area (TPSA) is 56.8 Å². The number of carbonyl (C=O) groups is 1. The monoisotopic (exact) mass is 293 g/mol. The summed E-state index contributed by atoms with van der Waals surface area (Å²) in [6.07, 6.45) is 1.46. The average molecular weight is 293 g/mol. The molecule has 1 heterocycles. The molecule has 0 spiro atoms. The second-order valence-corrected chi connectivity index (χ2v) is 5.24. The lowest BCUT2D eigenvalue weighted by Gasteiger charge is -2.30. The quantitative estimate of drug-likeness (QED) is 0.815. The van der Waals surface area contributed by atoms with Crippen molar-refractivity contribution in [2.24, 2.45) is 0 Å². The number of amides is 1. The summed E-state index contributed by atoms with van der Waals surface area (Å²) in [4.78, 5) is 11.0. The molecule has 0 saturated carbocycles. The molecule has 2 rings (SSSR count). The third-order valence-electron chi connectivity index (χ3n) is 3.50. The Morgan fingerprint density at radius 3 is 2.71 bits per heavy atom. The number of benzene rings is 1. The number of carbonyl (C=O) groups excluding carboxylic acids is 1.